The Hall–Kier alpha value is -1.32. The predicted octanol–water partition coefficient (Wildman–Crippen LogP) is 1.24. The fraction of sp³-hybridized carbons (Fsp3) is 0.429. The van der Waals surface area contributed by atoms with Crippen molar-refractivity contribution >= 4 is 0 Å². The number of rotatable bonds is 2. The first-order valence-electron chi connectivity index (χ1n) is 6.15. The van der Waals surface area contributed by atoms with Gasteiger partial charge in [0.2, 0.25) is 0 Å². The van der Waals surface area contributed by atoms with Gasteiger partial charge in [0.1, 0.15) is 0 Å². The molecule has 1 saturated heterocycles. The largest absolute Gasteiger partial charge is 0.402 e. The molecular weight excluding hydrogens is 212 g/mol. The van der Waals surface area contributed by atoms with E-state index in [1.807, 2.05) is 18.2 Å². The second kappa shape index (κ2) is 3.86. The zero-order valence-electron chi connectivity index (χ0n) is 9.75. The maximum atomic E-state index is 6.24. The molecule has 0 bridgehead atoms. The number of ether oxygens (including phenoxy) is 1. The van der Waals surface area contributed by atoms with Gasteiger partial charge in [0.15, 0.2) is 0 Å². The van der Waals surface area contributed by atoms with E-state index in [9.17, 15) is 0 Å². The summed E-state index contributed by atoms with van der Waals surface area (Å²) in [7, 11) is 0. The minimum atomic E-state index is -0.304. The van der Waals surface area contributed by atoms with Crippen molar-refractivity contribution in [3.63, 3.8) is 0 Å². The molecule has 2 aliphatic carbocycles. The van der Waals surface area contributed by atoms with E-state index in [0.717, 1.165) is 12.1 Å². The molecule has 0 amide bonds. The zero-order valence-corrected chi connectivity index (χ0v) is 9.75. The molecule has 4 N–H and O–H groups in total. The Labute approximate surface area is 102 Å². The first kappa shape index (κ1) is 10.8. The molecule has 1 aliphatic heterocycles. The summed E-state index contributed by atoms with van der Waals surface area (Å²) in [5.41, 5.74) is 12.5. The Bertz CT molecular complexity index is 436. The highest BCUT2D eigenvalue weighted by atomic mass is 16.5. The monoisotopic (exact) mass is 230 g/mol. The zero-order chi connectivity index (χ0) is 11.9. The third kappa shape index (κ3) is 1.50. The number of allylic oxidation sites excluding steroid dienone is 4. The molecule has 3 rings (SSSR count). The normalized spacial score (nSPS) is 42.2. The molecule has 3 heteroatoms. The van der Waals surface area contributed by atoms with Crippen LogP contribution in [0.5, 0.6) is 0 Å². The van der Waals surface area contributed by atoms with Crippen molar-refractivity contribution in [2.45, 2.75) is 18.1 Å². The second-order valence-electron chi connectivity index (χ2n) is 4.93. The van der Waals surface area contributed by atoms with Gasteiger partial charge in [0.25, 0.3) is 0 Å². The second-order valence-corrected chi connectivity index (χ2v) is 4.93. The summed E-state index contributed by atoms with van der Waals surface area (Å²) in [5.74, 6) is 0.565. The van der Waals surface area contributed by atoms with Crippen molar-refractivity contribution < 1.29 is 4.74 Å². The van der Waals surface area contributed by atoms with Gasteiger partial charge in [-0.2, -0.15) is 0 Å². The predicted molar refractivity (Wildman–Crippen MR) is 67.9 cm³/mol. The van der Waals surface area contributed by atoms with Crippen LogP contribution in [-0.2, 0) is 4.74 Å². The summed E-state index contributed by atoms with van der Waals surface area (Å²) in [5, 5.41) is 0. The Balaban J connectivity index is 2.02. The van der Waals surface area contributed by atoms with Gasteiger partial charge in [-0.1, -0.05) is 36.5 Å². The molecule has 3 nitrogen and oxygen atoms in total. The van der Waals surface area contributed by atoms with Crippen LogP contribution in [0.2, 0.25) is 0 Å². The third-order valence-corrected chi connectivity index (χ3v) is 3.95. The summed E-state index contributed by atoms with van der Waals surface area (Å²) in [6.07, 6.45) is 15.5. The Morgan fingerprint density at radius 2 is 2.06 bits per heavy atom. The molecule has 0 radical (unpaired) electrons. The standard InChI is InChI=1S/C14H18N2O/c15-9-8-14-7-3-5-11(16)13(14)10-4-1-2-6-12(10)17-14/h1-7,10,12-13H,8-9,15-16H2. The molecule has 0 spiro atoms. The Morgan fingerprint density at radius 3 is 2.88 bits per heavy atom. The van der Waals surface area contributed by atoms with E-state index >= 15 is 0 Å². The van der Waals surface area contributed by atoms with Crippen molar-refractivity contribution in [2.24, 2.45) is 23.3 Å². The van der Waals surface area contributed by atoms with Crippen LogP contribution >= 0.6 is 0 Å². The fourth-order valence-electron chi connectivity index (χ4n) is 3.27. The lowest BCUT2D eigenvalue weighted by atomic mass is 9.72. The highest BCUT2D eigenvalue weighted by molar-refractivity contribution is 5.35. The molecule has 90 valence electrons. The molecule has 4 unspecified atom stereocenters. The van der Waals surface area contributed by atoms with Gasteiger partial charge in [-0.3, -0.25) is 0 Å². The van der Waals surface area contributed by atoms with E-state index in [0.29, 0.717) is 12.5 Å². The van der Waals surface area contributed by atoms with Crippen molar-refractivity contribution in [2.75, 3.05) is 6.54 Å². The van der Waals surface area contributed by atoms with Crippen molar-refractivity contribution in [1.29, 1.82) is 0 Å². The lowest BCUT2D eigenvalue weighted by molar-refractivity contribution is -0.00632. The molecule has 0 aromatic carbocycles. The molecule has 0 aromatic heterocycles. The quantitative estimate of drug-likeness (QED) is 0.750. The average molecular weight is 230 g/mol. The van der Waals surface area contributed by atoms with Crippen LogP contribution in [0.25, 0.3) is 0 Å². The van der Waals surface area contributed by atoms with E-state index in [1.165, 1.54) is 0 Å². The molecular formula is C14H18N2O. The van der Waals surface area contributed by atoms with E-state index in [4.69, 9.17) is 16.2 Å². The van der Waals surface area contributed by atoms with Crippen molar-refractivity contribution in [3.8, 4) is 0 Å². The van der Waals surface area contributed by atoms with Crippen LogP contribution in [0.4, 0.5) is 0 Å². The SMILES string of the molecule is NCCC12C=CC=C(N)C1C1C=CC=CC1O2. The molecule has 1 heterocycles. The van der Waals surface area contributed by atoms with E-state index in [2.05, 4.69) is 24.3 Å². The number of fused-ring (bicyclic) bond motifs is 3. The number of nitrogens with two attached hydrogens (primary N) is 2. The van der Waals surface area contributed by atoms with Gasteiger partial charge in [-0.15, -0.1) is 0 Å². The van der Waals surface area contributed by atoms with Gasteiger partial charge in [-0.25, -0.2) is 0 Å². The summed E-state index contributed by atoms with van der Waals surface area (Å²) in [6, 6.07) is 0. The van der Waals surface area contributed by atoms with Gasteiger partial charge in [0.05, 0.1) is 11.7 Å². The fourth-order valence-corrected chi connectivity index (χ4v) is 3.27. The van der Waals surface area contributed by atoms with Crippen LogP contribution in [0.1, 0.15) is 6.42 Å². The Kier molecular flexibility index (Phi) is 2.45. The van der Waals surface area contributed by atoms with Crippen molar-refractivity contribution in [3.05, 3.63) is 48.2 Å². The lowest BCUT2D eigenvalue weighted by Gasteiger charge is -2.34. The van der Waals surface area contributed by atoms with Gasteiger partial charge >= 0.3 is 0 Å². The first-order chi connectivity index (χ1) is 8.27. The third-order valence-electron chi connectivity index (χ3n) is 3.95. The van der Waals surface area contributed by atoms with Gasteiger partial charge in [0, 0.05) is 17.5 Å². The smallest absolute Gasteiger partial charge is 0.0974 e. The maximum absolute atomic E-state index is 6.24. The van der Waals surface area contributed by atoms with E-state index < -0.39 is 0 Å². The van der Waals surface area contributed by atoms with Crippen LogP contribution in [-0.4, -0.2) is 18.2 Å². The molecule has 1 fully saturated rings. The summed E-state index contributed by atoms with van der Waals surface area (Å²) in [6.45, 7) is 0.612. The summed E-state index contributed by atoms with van der Waals surface area (Å²) >= 11 is 0. The molecule has 0 saturated carbocycles. The molecule has 0 aromatic rings. The number of hydrogen-bond donors (Lipinski definition) is 2. The van der Waals surface area contributed by atoms with Gasteiger partial charge in [-0.05, 0) is 19.0 Å². The van der Waals surface area contributed by atoms with E-state index in [-0.39, 0.29) is 17.6 Å². The maximum Gasteiger partial charge on any atom is 0.0974 e. The van der Waals surface area contributed by atoms with Crippen LogP contribution in [0.15, 0.2) is 48.2 Å². The highest BCUT2D eigenvalue weighted by Crippen LogP contribution is 2.49. The van der Waals surface area contributed by atoms with Crippen LogP contribution in [0, 0.1) is 11.8 Å². The average Bonchev–Trinajstić information content (AvgIpc) is 2.64. The van der Waals surface area contributed by atoms with Gasteiger partial charge < -0.3 is 16.2 Å². The number of hydrogen-bond acceptors (Lipinski definition) is 3. The topological polar surface area (TPSA) is 61.3 Å². The Morgan fingerprint density at radius 1 is 1.24 bits per heavy atom. The summed E-state index contributed by atoms with van der Waals surface area (Å²) in [4.78, 5) is 0. The van der Waals surface area contributed by atoms with Crippen LogP contribution < -0.4 is 11.5 Å². The first-order valence-corrected chi connectivity index (χ1v) is 6.15. The molecule has 17 heavy (non-hydrogen) atoms. The molecule has 3 aliphatic rings. The van der Waals surface area contributed by atoms with E-state index in [1.54, 1.807) is 0 Å². The lowest BCUT2D eigenvalue weighted by Crippen LogP contribution is -2.41. The van der Waals surface area contributed by atoms with Crippen molar-refractivity contribution in [1.82, 2.24) is 0 Å². The highest BCUT2D eigenvalue weighted by Gasteiger charge is 2.53. The van der Waals surface area contributed by atoms with Crippen LogP contribution in [0.3, 0.4) is 0 Å². The summed E-state index contributed by atoms with van der Waals surface area (Å²) < 4.78 is 6.24. The minimum Gasteiger partial charge on any atom is -0.402 e. The minimum absolute atomic E-state index is 0.131. The molecule has 4 atom stereocenters.